The number of hydrogen-bond donors (Lipinski definition) is 1. The monoisotopic (exact) mass is 237 g/mol. The van der Waals surface area contributed by atoms with Gasteiger partial charge in [-0.05, 0) is 30.5 Å². The van der Waals surface area contributed by atoms with Crippen LogP contribution < -0.4 is 0 Å². The van der Waals surface area contributed by atoms with Crippen LogP contribution in [-0.2, 0) is 15.1 Å². The Labute approximate surface area is 102 Å². The van der Waals surface area contributed by atoms with E-state index in [1.54, 1.807) is 31.5 Å². The van der Waals surface area contributed by atoms with Crippen molar-refractivity contribution in [3.05, 3.63) is 30.1 Å². The van der Waals surface area contributed by atoms with E-state index in [1.165, 1.54) is 7.11 Å². The van der Waals surface area contributed by atoms with Gasteiger partial charge in [-0.1, -0.05) is 13.8 Å². The van der Waals surface area contributed by atoms with Gasteiger partial charge in [-0.2, -0.15) is 0 Å². The maximum absolute atomic E-state index is 11.8. The Bertz CT molecular complexity index is 374. The highest BCUT2D eigenvalue weighted by atomic mass is 16.5. The normalized spacial score (nSPS) is 16.4. The van der Waals surface area contributed by atoms with E-state index in [0.29, 0.717) is 5.56 Å². The van der Waals surface area contributed by atoms with Crippen LogP contribution in [0.1, 0.15) is 26.3 Å². The molecular formula is C13H19NO3. The molecule has 0 spiro atoms. The van der Waals surface area contributed by atoms with E-state index in [0.717, 1.165) is 0 Å². The Hall–Kier alpha value is -1.42. The van der Waals surface area contributed by atoms with Crippen molar-refractivity contribution in [2.45, 2.75) is 26.4 Å². The SMILES string of the molecule is COC(=O)C(C(C)C)C(C)(O)c1ccncc1. The summed E-state index contributed by atoms with van der Waals surface area (Å²) in [6.07, 6.45) is 3.19. The first kappa shape index (κ1) is 13.6. The van der Waals surface area contributed by atoms with Crippen LogP contribution in [-0.4, -0.2) is 23.2 Å². The standard InChI is InChI=1S/C13H19NO3/c1-9(2)11(12(15)17-4)13(3,16)10-5-7-14-8-6-10/h5-9,11,16H,1-4H3. The van der Waals surface area contributed by atoms with Gasteiger partial charge in [0.1, 0.15) is 5.60 Å². The predicted octanol–water partition coefficient (Wildman–Crippen LogP) is 1.73. The second-order valence-corrected chi connectivity index (χ2v) is 4.63. The number of carbonyl (C=O) groups excluding carboxylic acids is 1. The third-order valence-electron chi connectivity index (χ3n) is 2.99. The van der Waals surface area contributed by atoms with Crippen molar-refractivity contribution >= 4 is 5.97 Å². The fourth-order valence-corrected chi connectivity index (χ4v) is 2.15. The van der Waals surface area contributed by atoms with Crippen LogP contribution in [0.25, 0.3) is 0 Å². The summed E-state index contributed by atoms with van der Waals surface area (Å²) in [6, 6.07) is 3.41. The number of hydrogen-bond acceptors (Lipinski definition) is 4. The summed E-state index contributed by atoms with van der Waals surface area (Å²) >= 11 is 0. The van der Waals surface area contributed by atoms with Crippen molar-refractivity contribution < 1.29 is 14.6 Å². The van der Waals surface area contributed by atoms with Crippen molar-refractivity contribution in [2.75, 3.05) is 7.11 Å². The number of methoxy groups -OCH3 is 1. The number of aromatic nitrogens is 1. The highest BCUT2D eigenvalue weighted by molar-refractivity contribution is 5.74. The zero-order valence-corrected chi connectivity index (χ0v) is 10.7. The first-order chi connectivity index (χ1) is 7.91. The van der Waals surface area contributed by atoms with Gasteiger partial charge in [0.25, 0.3) is 0 Å². The van der Waals surface area contributed by atoms with Crippen LogP contribution in [0.3, 0.4) is 0 Å². The van der Waals surface area contributed by atoms with Crippen LogP contribution >= 0.6 is 0 Å². The highest BCUT2D eigenvalue weighted by Crippen LogP contribution is 2.34. The van der Waals surface area contributed by atoms with Gasteiger partial charge in [-0.25, -0.2) is 0 Å². The fourth-order valence-electron chi connectivity index (χ4n) is 2.15. The van der Waals surface area contributed by atoms with Crippen molar-refractivity contribution in [3.63, 3.8) is 0 Å². The van der Waals surface area contributed by atoms with E-state index < -0.39 is 17.5 Å². The van der Waals surface area contributed by atoms with Crippen LogP contribution in [0, 0.1) is 11.8 Å². The lowest BCUT2D eigenvalue weighted by Crippen LogP contribution is -2.41. The second kappa shape index (κ2) is 5.27. The van der Waals surface area contributed by atoms with Gasteiger partial charge in [0, 0.05) is 12.4 Å². The van der Waals surface area contributed by atoms with Crippen molar-refractivity contribution in [3.8, 4) is 0 Å². The smallest absolute Gasteiger partial charge is 0.312 e. The minimum absolute atomic E-state index is 0.0226. The molecule has 0 saturated heterocycles. The topological polar surface area (TPSA) is 59.4 Å². The molecule has 0 aliphatic carbocycles. The molecule has 0 radical (unpaired) electrons. The van der Waals surface area contributed by atoms with Gasteiger partial charge in [-0.15, -0.1) is 0 Å². The molecule has 0 saturated carbocycles. The third kappa shape index (κ3) is 2.82. The van der Waals surface area contributed by atoms with Gasteiger partial charge < -0.3 is 9.84 Å². The maximum Gasteiger partial charge on any atom is 0.312 e. The molecule has 1 rings (SSSR count). The molecule has 0 amide bonds. The van der Waals surface area contributed by atoms with Crippen molar-refractivity contribution in [2.24, 2.45) is 11.8 Å². The Morgan fingerprint density at radius 3 is 2.35 bits per heavy atom. The van der Waals surface area contributed by atoms with Crippen LogP contribution in [0.4, 0.5) is 0 Å². The Kier molecular flexibility index (Phi) is 4.23. The highest BCUT2D eigenvalue weighted by Gasteiger charge is 2.41. The first-order valence-electron chi connectivity index (χ1n) is 5.62. The van der Waals surface area contributed by atoms with Crippen LogP contribution in [0.5, 0.6) is 0 Å². The Balaban J connectivity index is 3.13. The molecule has 2 atom stereocenters. The lowest BCUT2D eigenvalue weighted by Gasteiger charge is -2.33. The molecule has 0 aliphatic heterocycles. The van der Waals surface area contributed by atoms with Crippen LogP contribution in [0.15, 0.2) is 24.5 Å². The number of aliphatic hydroxyl groups is 1. The van der Waals surface area contributed by atoms with Gasteiger partial charge in [0.15, 0.2) is 0 Å². The molecule has 1 aromatic rings. The average molecular weight is 237 g/mol. The molecule has 17 heavy (non-hydrogen) atoms. The quantitative estimate of drug-likeness (QED) is 0.810. The minimum atomic E-state index is -1.26. The van der Waals surface area contributed by atoms with Gasteiger partial charge in [-0.3, -0.25) is 9.78 Å². The Morgan fingerprint density at radius 1 is 1.41 bits per heavy atom. The van der Waals surface area contributed by atoms with E-state index in [1.807, 2.05) is 13.8 Å². The molecule has 0 bridgehead atoms. The molecule has 1 N–H and O–H groups in total. The molecule has 0 aromatic carbocycles. The van der Waals surface area contributed by atoms with Gasteiger partial charge in [0.05, 0.1) is 13.0 Å². The van der Waals surface area contributed by atoms with Crippen molar-refractivity contribution in [1.29, 1.82) is 0 Å². The second-order valence-electron chi connectivity index (χ2n) is 4.63. The Morgan fingerprint density at radius 2 is 1.94 bits per heavy atom. The van der Waals surface area contributed by atoms with E-state index in [9.17, 15) is 9.90 Å². The molecular weight excluding hydrogens is 218 g/mol. The van der Waals surface area contributed by atoms with E-state index in [2.05, 4.69) is 4.98 Å². The summed E-state index contributed by atoms with van der Waals surface area (Å²) < 4.78 is 4.77. The lowest BCUT2D eigenvalue weighted by molar-refractivity contribution is -0.159. The van der Waals surface area contributed by atoms with E-state index in [-0.39, 0.29) is 5.92 Å². The van der Waals surface area contributed by atoms with Gasteiger partial charge in [0.2, 0.25) is 0 Å². The lowest BCUT2D eigenvalue weighted by atomic mass is 9.77. The number of esters is 1. The number of carbonyl (C=O) groups is 1. The summed E-state index contributed by atoms with van der Waals surface area (Å²) in [5, 5.41) is 10.6. The van der Waals surface area contributed by atoms with Crippen molar-refractivity contribution in [1.82, 2.24) is 4.98 Å². The fraction of sp³-hybridized carbons (Fsp3) is 0.538. The maximum atomic E-state index is 11.8. The average Bonchev–Trinajstić information content (AvgIpc) is 2.29. The zero-order valence-electron chi connectivity index (χ0n) is 10.7. The minimum Gasteiger partial charge on any atom is -0.469 e. The molecule has 4 nitrogen and oxygen atoms in total. The first-order valence-corrected chi connectivity index (χ1v) is 5.62. The van der Waals surface area contributed by atoms with Crippen LogP contribution in [0.2, 0.25) is 0 Å². The number of ether oxygens (including phenoxy) is 1. The zero-order chi connectivity index (χ0) is 13.1. The van der Waals surface area contributed by atoms with E-state index >= 15 is 0 Å². The molecule has 94 valence electrons. The molecule has 1 heterocycles. The van der Waals surface area contributed by atoms with E-state index in [4.69, 9.17) is 4.74 Å². The molecule has 2 unspecified atom stereocenters. The van der Waals surface area contributed by atoms with Gasteiger partial charge >= 0.3 is 5.97 Å². The predicted molar refractivity (Wildman–Crippen MR) is 64.2 cm³/mol. The molecule has 0 aliphatic rings. The molecule has 4 heteroatoms. The largest absolute Gasteiger partial charge is 0.469 e. The summed E-state index contributed by atoms with van der Waals surface area (Å²) in [4.78, 5) is 15.7. The summed E-state index contributed by atoms with van der Waals surface area (Å²) in [7, 11) is 1.33. The summed E-state index contributed by atoms with van der Waals surface area (Å²) in [5.74, 6) is -1.03. The molecule has 0 fully saturated rings. The third-order valence-corrected chi connectivity index (χ3v) is 2.99. The molecule has 1 aromatic heterocycles. The number of pyridine rings is 1. The summed E-state index contributed by atoms with van der Waals surface area (Å²) in [6.45, 7) is 5.40. The number of nitrogens with zero attached hydrogens (tertiary/aromatic N) is 1. The number of rotatable bonds is 4. The summed E-state index contributed by atoms with van der Waals surface area (Å²) in [5.41, 5.74) is -0.596.